The number of nitrogens with two attached hydrogens (primary N) is 1. The molecule has 0 amide bonds. The molecule has 0 unspecified atom stereocenters. The van der Waals surface area contributed by atoms with Gasteiger partial charge in [0.2, 0.25) is 0 Å². The molecule has 3 aromatic rings. The Labute approximate surface area is 139 Å². The van der Waals surface area contributed by atoms with Crippen LogP contribution in [0.4, 0.5) is 8.78 Å². The molecular weight excluding hydrogens is 334 g/mol. The number of hydrogen-bond donors (Lipinski definition) is 2. The van der Waals surface area contributed by atoms with E-state index in [-0.39, 0.29) is 29.1 Å². The van der Waals surface area contributed by atoms with Crippen LogP contribution in [-0.2, 0) is 11.3 Å². The fraction of sp³-hybridized carbons (Fsp3) is 0.133. The van der Waals surface area contributed by atoms with Gasteiger partial charge in [0.15, 0.2) is 5.65 Å². The summed E-state index contributed by atoms with van der Waals surface area (Å²) in [5.74, 6) is -2.49. The Hall–Kier alpha value is -3.43. The van der Waals surface area contributed by atoms with E-state index in [1.807, 2.05) is 0 Å². The summed E-state index contributed by atoms with van der Waals surface area (Å²) < 4.78 is 28.7. The molecule has 3 heterocycles. The standard InChI is InChI=1S/C15H12F2N6O2/c16-9-3-10-13(14(18)20-6-12(24)25)22-23(15(10)21-4-9)7-8-1-2-19-5-11(8)17/h1-5H,6-7H2,(H2,18,20)(H,24,25). The van der Waals surface area contributed by atoms with Gasteiger partial charge in [0, 0.05) is 11.8 Å². The van der Waals surface area contributed by atoms with Gasteiger partial charge in [0.1, 0.15) is 29.7 Å². The van der Waals surface area contributed by atoms with Crippen molar-refractivity contribution in [1.29, 1.82) is 0 Å². The minimum atomic E-state index is -1.17. The van der Waals surface area contributed by atoms with Gasteiger partial charge in [-0.1, -0.05) is 0 Å². The van der Waals surface area contributed by atoms with Gasteiger partial charge in [0.05, 0.1) is 24.3 Å². The summed E-state index contributed by atoms with van der Waals surface area (Å²) in [6.07, 6.45) is 3.50. The number of rotatable bonds is 5. The molecule has 0 fully saturated rings. The molecule has 0 spiro atoms. The van der Waals surface area contributed by atoms with Gasteiger partial charge in [-0.2, -0.15) is 5.10 Å². The number of amidine groups is 1. The summed E-state index contributed by atoms with van der Waals surface area (Å²) in [6.45, 7) is -0.544. The Morgan fingerprint density at radius 3 is 2.88 bits per heavy atom. The summed E-state index contributed by atoms with van der Waals surface area (Å²) in [4.78, 5) is 22.0. The molecule has 25 heavy (non-hydrogen) atoms. The zero-order chi connectivity index (χ0) is 18.0. The highest BCUT2D eigenvalue weighted by Gasteiger charge is 2.17. The minimum absolute atomic E-state index is 0.00962. The normalized spacial score (nSPS) is 11.8. The first-order valence-corrected chi connectivity index (χ1v) is 7.08. The maximum Gasteiger partial charge on any atom is 0.325 e. The van der Waals surface area contributed by atoms with Crippen molar-refractivity contribution in [3.63, 3.8) is 0 Å². The van der Waals surface area contributed by atoms with Crippen LogP contribution in [0.2, 0.25) is 0 Å². The molecule has 0 aliphatic heterocycles. The molecule has 8 nitrogen and oxygen atoms in total. The van der Waals surface area contributed by atoms with Crippen molar-refractivity contribution in [2.45, 2.75) is 6.54 Å². The number of carbonyl (C=O) groups is 1. The van der Waals surface area contributed by atoms with Gasteiger partial charge in [-0.15, -0.1) is 0 Å². The van der Waals surface area contributed by atoms with Crippen molar-refractivity contribution >= 4 is 22.8 Å². The molecule has 3 N–H and O–H groups in total. The Bertz CT molecular complexity index is 985. The lowest BCUT2D eigenvalue weighted by atomic mass is 10.2. The van der Waals surface area contributed by atoms with E-state index >= 15 is 0 Å². The second-order valence-electron chi connectivity index (χ2n) is 5.09. The van der Waals surface area contributed by atoms with Crippen molar-refractivity contribution in [3.05, 3.63) is 53.6 Å². The van der Waals surface area contributed by atoms with E-state index in [9.17, 15) is 13.6 Å². The molecule has 0 saturated heterocycles. The van der Waals surface area contributed by atoms with Crippen LogP contribution in [0, 0.1) is 11.6 Å². The van der Waals surface area contributed by atoms with E-state index in [4.69, 9.17) is 10.8 Å². The topological polar surface area (TPSA) is 119 Å². The van der Waals surface area contributed by atoms with Crippen molar-refractivity contribution in [1.82, 2.24) is 19.7 Å². The summed E-state index contributed by atoms with van der Waals surface area (Å²) in [7, 11) is 0. The Morgan fingerprint density at radius 2 is 2.16 bits per heavy atom. The first kappa shape index (κ1) is 16.4. The number of aliphatic imine (C=N–C) groups is 1. The summed E-state index contributed by atoms with van der Waals surface area (Å²) >= 11 is 0. The number of fused-ring (bicyclic) bond motifs is 1. The third-order valence-electron chi connectivity index (χ3n) is 3.36. The molecule has 0 saturated carbocycles. The molecule has 0 aromatic carbocycles. The number of aliphatic carboxylic acids is 1. The highest BCUT2D eigenvalue weighted by Crippen LogP contribution is 2.19. The summed E-state index contributed by atoms with van der Waals surface area (Å²) in [5.41, 5.74) is 6.42. The second kappa shape index (κ2) is 6.59. The number of nitrogens with zero attached hydrogens (tertiary/aromatic N) is 5. The van der Waals surface area contributed by atoms with Crippen molar-refractivity contribution in [2.24, 2.45) is 10.7 Å². The molecule has 3 aromatic heterocycles. The number of pyridine rings is 2. The second-order valence-corrected chi connectivity index (χ2v) is 5.09. The van der Waals surface area contributed by atoms with Crippen LogP contribution >= 0.6 is 0 Å². The van der Waals surface area contributed by atoms with Gasteiger partial charge in [-0.3, -0.25) is 14.8 Å². The fourth-order valence-electron chi connectivity index (χ4n) is 2.25. The average Bonchev–Trinajstić information content (AvgIpc) is 2.92. The SMILES string of the molecule is NC(=NCC(=O)O)c1nn(Cc2ccncc2F)c2ncc(F)cc12. The number of carboxylic acids is 1. The van der Waals surface area contributed by atoms with E-state index in [0.717, 1.165) is 18.5 Å². The van der Waals surface area contributed by atoms with E-state index in [1.54, 1.807) is 0 Å². The molecule has 0 bridgehead atoms. The monoisotopic (exact) mass is 346 g/mol. The molecule has 3 rings (SSSR count). The number of aromatic nitrogens is 4. The van der Waals surface area contributed by atoms with Crippen LogP contribution < -0.4 is 5.73 Å². The van der Waals surface area contributed by atoms with Gasteiger partial charge in [-0.05, 0) is 12.1 Å². The van der Waals surface area contributed by atoms with Crippen LogP contribution in [0.1, 0.15) is 11.3 Å². The van der Waals surface area contributed by atoms with Crippen LogP contribution in [0.5, 0.6) is 0 Å². The number of hydrogen-bond acceptors (Lipinski definition) is 5. The predicted octanol–water partition coefficient (Wildman–Crippen LogP) is 0.943. The maximum atomic E-state index is 13.8. The average molecular weight is 346 g/mol. The Morgan fingerprint density at radius 1 is 1.36 bits per heavy atom. The van der Waals surface area contributed by atoms with Gasteiger partial charge >= 0.3 is 5.97 Å². The molecule has 0 aliphatic carbocycles. The minimum Gasteiger partial charge on any atom is -0.480 e. The van der Waals surface area contributed by atoms with E-state index in [0.29, 0.717) is 5.56 Å². The van der Waals surface area contributed by atoms with Gasteiger partial charge < -0.3 is 10.8 Å². The summed E-state index contributed by atoms with van der Waals surface area (Å²) in [6, 6.07) is 2.64. The first-order valence-electron chi connectivity index (χ1n) is 7.08. The maximum absolute atomic E-state index is 13.8. The van der Waals surface area contributed by atoms with Crippen molar-refractivity contribution in [3.8, 4) is 0 Å². The molecule has 0 aliphatic rings. The fourth-order valence-corrected chi connectivity index (χ4v) is 2.25. The Kier molecular flexibility index (Phi) is 4.33. The van der Waals surface area contributed by atoms with Crippen molar-refractivity contribution < 1.29 is 18.7 Å². The predicted molar refractivity (Wildman–Crippen MR) is 84.0 cm³/mol. The van der Waals surface area contributed by atoms with Crippen LogP contribution in [0.25, 0.3) is 11.0 Å². The largest absolute Gasteiger partial charge is 0.480 e. The number of carboxylic acid groups (broad SMARTS) is 1. The molecule has 0 atom stereocenters. The van der Waals surface area contributed by atoms with E-state index < -0.39 is 24.1 Å². The third-order valence-corrected chi connectivity index (χ3v) is 3.36. The molecule has 10 heteroatoms. The number of halogens is 2. The zero-order valence-corrected chi connectivity index (χ0v) is 12.7. The Balaban J connectivity index is 2.09. The lowest BCUT2D eigenvalue weighted by Crippen LogP contribution is -2.17. The van der Waals surface area contributed by atoms with Crippen LogP contribution in [0.3, 0.4) is 0 Å². The third kappa shape index (κ3) is 3.42. The summed E-state index contributed by atoms with van der Waals surface area (Å²) in [5, 5.41) is 13.1. The van der Waals surface area contributed by atoms with Crippen LogP contribution in [-0.4, -0.2) is 43.2 Å². The first-order chi connectivity index (χ1) is 12.0. The van der Waals surface area contributed by atoms with E-state index in [2.05, 4.69) is 20.1 Å². The lowest BCUT2D eigenvalue weighted by Gasteiger charge is -2.03. The van der Waals surface area contributed by atoms with Gasteiger partial charge in [-0.25, -0.2) is 18.4 Å². The highest BCUT2D eigenvalue weighted by atomic mass is 19.1. The van der Waals surface area contributed by atoms with Crippen LogP contribution in [0.15, 0.2) is 35.7 Å². The van der Waals surface area contributed by atoms with E-state index in [1.165, 1.54) is 16.9 Å². The molecule has 128 valence electrons. The highest BCUT2D eigenvalue weighted by molar-refractivity contribution is 6.06. The smallest absolute Gasteiger partial charge is 0.325 e. The molecule has 0 radical (unpaired) electrons. The van der Waals surface area contributed by atoms with Crippen molar-refractivity contribution in [2.75, 3.05) is 6.54 Å². The molecular formula is C15H12F2N6O2. The lowest BCUT2D eigenvalue weighted by molar-refractivity contribution is -0.135. The zero-order valence-electron chi connectivity index (χ0n) is 12.7. The van der Waals surface area contributed by atoms with Gasteiger partial charge in [0.25, 0.3) is 0 Å². The quantitative estimate of drug-likeness (QED) is 0.524.